The lowest BCUT2D eigenvalue weighted by atomic mass is 10.2. The largest absolute Gasteiger partial charge is 0.370 e. The highest BCUT2D eigenvalue weighted by Crippen LogP contribution is 2.20. The van der Waals surface area contributed by atoms with E-state index in [1.54, 1.807) is 4.31 Å². The molecule has 2 saturated heterocycles. The minimum Gasteiger partial charge on any atom is -0.370 e. The van der Waals surface area contributed by atoms with Crippen LogP contribution in [0.5, 0.6) is 0 Å². The molecule has 0 aromatic carbocycles. The number of hydrogen-bond donors (Lipinski definition) is 1. The molecule has 2 rings (SSSR count). The van der Waals surface area contributed by atoms with Crippen LogP contribution in [0.25, 0.3) is 0 Å². The molecular weight excluding hydrogens is 276 g/mol. The molecule has 0 saturated carbocycles. The summed E-state index contributed by atoms with van der Waals surface area (Å²) in [6.45, 7) is 3.03. The van der Waals surface area contributed by atoms with Crippen molar-refractivity contribution in [1.29, 1.82) is 0 Å². The summed E-state index contributed by atoms with van der Waals surface area (Å²) in [6.07, 6.45) is 7.90. The van der Waals surface area contributed by atoms with Crippen LogP contribution in [0.15, 0.2) is 4.99 Å². The summed E-state index contributed by atoms with van der Waals surface area (Å²) in [7, 11) is -3.12. The first-order chi connectivity index (χ1) is 9.48. The van der Waals surface area contributed by atoms with Crippen LogP contribution in [0.3, 0.4) is 0 Å². The van der Waals surface area contributed by atoms with Gasteiger partial charge in [0.25, 0.3) is 0 Å². The lowest BCUT2D eigenvalue weighted by Crippen LogP contribution is -2.40. The molecule has 6 nitrogen and oxygen atoms in total. The number of rotatable bonds is 3. The third-order valence-corrected chi connectivity index (χ3v) is 5.48. The van der Waals surface area contributed by atoms with Crippen LogP contribution in [0, 0.1) is 0 Å². The average molecular weight is 302 g/mol. The standard InChI is InChI=1S/C13H26N4O2S/c1-20(18,19)17-10-6-7-12(17)11-15-13(14)16-8-4-2-3-5-9-16/h12H,2-11H2,1H3,(H2,14,15)/t12-/m1/s1. The molecule has 1 atom stereocenters. The fraction of sp³-hybridized carbons (Fsp3) is 0.923. The van der Waals surface area contributed by atoms with Crippen molar-refractivity contribution in [3.63, 3.8) is 0 Å². The lowest BCUT2D eigenvalue weighted by Gasteiger charge is -2.23. The van der Waals surface area contributed by atoms with Crippen molar-refractivity contribution in [2.45, 2.75) is 44.6 Å². The monoisotopic (exact) mass is 302 g/mol. The van der Waals surface area contributed by atoms with Crippen molar-refractivity contribution in [2.75, 3.05) is 32.4 Å². The molecule has 2 aliphatic rings. The third kappa shape index (κ3) is 4.09. The maximum Gasteiger partial charge on any atom is 0.211 e. The second-order valence-electron chi connectivity index (χ2n) is 5.77. The predicted octanol–water partition coefficient (Wildman–Crippen LogP) is 0.601. The van der Waals surface area contributed by atoms with Crippen LogP contribution >= 0.6 is 0 Å². The molecule has 0 aliphatic carbocycles. The summed E-state index contributed by atoms with van der Waals surface area (Å²) in [5.74, 6) is 0.576. The Morgan fingerprint density at radius 3 is 2.40 bits per heavy atom. The average Bonchev–Trinajstić information content (AvgIpc) is 2.70. The molecule has 0 spiro atoms. The summed E-state index contributed by atoms with van der Waals surface area (Å²) < 4.78 is 24.9. The van der Waals surface area contributed by atoms with Gasteiger partial charge >= 0.3 is 0 Å². The van der Waals surface area contributed by atoms with Crippen molar-refractivity contribution in [3.05, 3.63) is 0 Å². The van der Waals surface area contributed by atoms with Crippen LogP contribution in [0.4, 0.5) is 0 Å². The number of nitrogens with two attached hydrogens (primary N) is 1. The van der Waals surface area contributed by atoms with E-state index >= 15 is 0 Å². The van der Waals surface area contributed by atoms with Gasteiger partial charge in [-0.15, -0.1) is 0 Å². The van der Waals surface area contributed by atoms with Crippen molar-refractivity contribution in [3.8, 4) is 0 Å². The van der Waals surface area contributed by atoms with Gasteiger partial charge in [-0.2, -0.15) is 4.31 Å². The normalized spacial score (nSPS) is 26.8. The molecule has 116 valence electrons. The third-order valence-electron chi connectivity index (χ3n) is 4.14. The quantitative estimate of drug-likeness (QED) is 0.612. The van der Waals surface area contributed by atoms with E-state index < -0.39 is 10.0 Å². The van der Waals surface area contributed by atoms with Crippen LogP contribution in [-0.4, -0.2) is 62.1 Å². The molecule has 2 fully saturated rings. The van der Waals surface area contributed by atoms with Crippen molar-refractivity contribution >= 4 is 16.0 Å². The van der Waals surface area contributed by atoms with Gasteiger partial charge < -0.3 is 10.6 Å². The van der Waals surface area contributed by atoms with Crippen molar-refractivity contribution in [1.82, 2.24) is 9.21 Å². The smallest absolute Gasteiger partial charge is 0.211 e. The highest BCUT2D eigenvalue weighted by atomic mass is 32.2. The molecule has 20 heavy (non-hydrogen) atoms. The molecule has 0 bridgehead atoms. The van der Waals surface area contributed by atoms with E-state index in [4.69, 9.17) is 5.73 Å². The zero-order valence-electron chi connectivity index (χ0n) is 12.3. The van der Waals surface area contributed by atoms with E-state index in [9.17, 15) is 8.42 Å². The maximum absolute atomic E-state index is 11.7. The molecule has 2 heterocycles. The molecule has 2 aliphatic heterocycles. The number of guanidine groups is 1. The molecule has 7 heteroatoms. The van der Waals surface area contributed by atoms with Gasteiger partial charge in [0.1, 0.15) is 0 Å². The van der Waals surface area contributed by atoms with Gasteiger partial charge in [-0.25, -0.2) is 8.42 Å². The Balaban J connectivity index is 1.93. The van der Waals surface area contributed by atoms with E-state index in [0.29, 0.717) is 19.0 Å². The fourth-order valence-corrected chi connectivity index (χ4v) is 4.20. The number of sulfonamides is 1. The summed E-state index contributed by atoms with van der Waals surface area (Å²) in [5, 5.41) is 0. The first-order valence-corrected chi connectivity index (χ1v) is 9.35. The van der Waals surface area contributed by atoms with E-state index in [2.05, 4.69) is 9.89 Å². The van der Waals surface area contributed by atoms with Gasteiger partial charge in [0.2, 0.25) is 10.0 Å². The minimum absolute atomic E-state index is 0.0180. The molecule has 0 aromatic rings. The van der Waals surface area contributed by atoms with Gasteiger partial charge in [0.05, 0.1) is 12.8 Å². The fourth-order valence-electron chi connectivity index (χ4n) is 3.03. The van der Waals surface area contributed by atoms with Gasteiger partial charge in [-0.05, 0) is 25.7 Å². The molecule has 0 unspecified atom stereocenters. The predicted molar refractivity (Wildman–Crippen MR) is 81.1 cm³/mol. The van der Waals surface area contributed by atoms with E-state index in [0.717, 1.165) is 38.8 Å². The van der Waals surface area contributed by atoms with Crippen LogP contribution in [0.2, 0.25) is 0 Å². The maximum atomic E-state index is 11.7. The highest BCUT2D eigenvalue weighted by Gasteiger charge is 2.31. The number of aliphatic imine (C=N–C) groups is 1. The summed E-state index contributed by atoms with van der Waals surface area (Å²) >= 11 is 0. The van der Waals surface area contributed by atoms with Gasteiger partial charge in [0.15, 0.2) is 5.96 Å². The lowest BCUT2D eigenvalue weighted by molar-refractivity contribution is 0.390. The second-order valence-corrected chi connectivity index (χ2v) is 7.70. The Labute approximate surface area is 122 Å². The van der Waals surface area contributed by atoms with E-state index in [1.807, 2.05) is 0 Å². The zero-order chi connectivity index (χ0) is 14.6. The van der Waals surface area contributed by atoms with Crippen LogP contribution < -0.4 is 5.73 Å². The second kappa shape index (κ2) is 6.76. The van der Waals surface area contributed by atoms with E-state index in [-0.39, 0.29) is 6.04 Å². The number of nitrogens with zero attached hydrogens (tertiary/aromatic N) is 3. The zero-order valence-corrected chi connectivity index (χ0v) is 13.1. The molecule has 0 aromatic heterocycles. The Bertz CT molecular complexity index is 441. The van der Waals surface area contributed by atoms with E-state index in [1.165, 1.54) is 19.1 Å². The Hall–Kier alpha value is -0.820. The Kier molecular flexibility index (Phi) is 5.26. The topological polar surface area (TPSA) is 79.0 Å². The summed E-state index contributed by atoms with van der Waals surface area (Å²) in [5.41, 5.74) is 6.06. The van der Waals surface area contributed by atoms with Crippen LogP contribution in [0.1, 0.15) is 38.5 Å². The van der Waals surface area contributed by atoms with Crippen molar-refractivity contribution in [2.24, 2.45) is 10.7 Å². The summed E-state index contributed by atoms with van der Waals surface area (Å²) in [4.78, 5) is 6.58. The van der Waals surface area contributed by atoms with Gasteiger partial charge in [0, 0.05) is 25.7 Å². The molecule has 2 N–H and O–H groups in total. The van der Waals surface area contributed by atoms with Gasteiger partial charge in [-0.3, -0.25) is 4.99 Å². The molecule has 0 radical (unpaired) electrons. The van der Waals surface area contributed by atoms with Crippen molar-refractivity contribution < 1.29 is 8.42 Å². The molecular formula is C13H26N4O2S. The number of likely N-dealkylation sites (tertiary alicyclic amines) is 1. The Morgan fingerprint density at radius 1 is 1.15 bits per heavy atom. The first-order valence-electron chi connectivity index (χ1n) is 7.50. The summed E-state index contributed by atoms with van der Waals surface area (Å²) in [6, 6.07) is -0.0180. The minimum atomic E-state index is -3.12. The first kappa shape index (κ1) is 15.6. The van der Waals surface area contributed by atoms with Gasteiger partial charge in [-0.1, -0.05) is 12.8 Å². The molecule has 0 amide bonds. The van der Waals surface area contributed by atoms with Crippen LogP contribution in [-0.2, 0) is 10.0 Å². The SMILES string of the molecule is CS(=O)(=O)N1CCC[C@@H]1CN=C(N)N1CCCCCC1. The Morgan fingerprint density at radius 2 is 1.80 bits per heavy atom. The highest BCUT2D eigenvalue weighted by molar-refractivity contribution is 7.88. The number of hydrogen-bond acceptors (Lipinski definition) is 3.